The summed E-state index contributed by atoms with van der Waals surface area (Å²) in [5, 5.41) is 14.9. The number of rotatable bonds is 7. The lowest BCUT2D eigenvalue weighted by atomic mass is 9.91. The molecule has 0 heterocycles. The van der Waals surface area contributed by atoms with E-state index < -0.39 is 5.78 Å². The molecule has 7 heteroatoms. The van der Waals surface area contributed by atoms with Gasteiger partial charge in [0, 0.05) is 29.8 Å². The topological polar surface area (TPSA) is 96.0 Å². The maximum absolute atomic E-state index is 13.1. The maximum atomic E-state index is 13.1. The van der Waals surface area contributed by atoms with E-state index >= 15 is 0 Å². The number of aromatic hydroxyl groups is 1. The molecular weight excluding hydrogens is 426 g/mol. The van der Waals surface area contributed by atoms with Crippen LogP contribution in [0.1, 0.15) is 35.3 Å². The quantitative estimate of drug-likeness (QED) is 0.181. The number of likely N-dealkylation sites (N-methyl/N-ethyl adjacent to an activating group) is 1. The van der Waals surface area contributed by atoms with Crippen molar-refractivity contribution in [2.75, 3.05) is 13.1 Å². The van der Waals surface area contributed by atoms with Gasteiger partial charge in [0.15, 0.2) is 0 Å². The van der Waals surface area contributed by atoms with Crippen LogP contribution in [0, 0.1) is 0 Å². The Morgan fingerprint density at radius 3 is 2.19 bits per heavy atom. The van der Waals surface area contributed by atoms with Crippen molar-refractivity contribution in [3.05, 3.63) is 82.9 Å². The second-order valence-electron chi connectivity index (χ2n) is 7.14. The molecule has 0 bridgehead atoms. The second-order valence-corrected chi connectivity index (χ2v) is 7.54. The lowest BCUT2D eigenvalue weighted by molar-refractivity contribution is -0.124. The second kappa shape index (κ2) is 9.66. The molecule has 3 aromatic rings. The SMILES string of the molecule is C=C(C(=O)N(CC)CC)c1ccc(C(=NN)C(=O)c2ccc(O)c(Cl)c2)c2ccccc12. The summed E-state index contributed by atoms with van der Waals surface area (Å²) in [4.78, 5) is 27.7. The predicted octanol–water partition coefficient (Wildman–Crippen LogP) is 4.63. The number of carbonyl (C=O) groups excluding carboxylic acids is 2. The molecular formula is C25H24ClN3O3. The summed E-state index contributed by atoms with van der Waals surface area (Å²) in [6.45, 7) is 9.03. The highest BCUT2D eigenvalue weighted by Gasteiger charge is 2.22. The standard InChI is InChI=1S/C25H24ClN3O3/c1-4-29(5-2)25(32)15(3)17-11-12-20(19-9-7-6-8-18(17)19)23(28-27)24(31)16-10-13-22(30)21(26)14-16/h6-14,30H,3-5,27H2,1-2H3. The van der Waals surface area contributed by atoms with Crippen LogP contribution in [0.2, 0.25) is 5.02 Å². The van der Waals surface area contributed by atoms with E-state index in [1.165, 1.54) is 18.2 Å². The molecule has 0 aliphatic rings. The molecule has 0 spiro atoms. The molecule has 0 saturated carbocycles. The lowest BCUT2D eigenvalue weighted by Crippen LogP contribution is -2.31. The summed E-state index contributed by atoms with van der Waals surface area (Å²) in [5.41, 5.74) is 1.85. The van der Waals surface area contributed by atoms with Crippen molar-refractivity contribution < 1.29 is 14.7 Å². The number of benzene rings is 3. The first-order chi connectivity index (χ1) is 15.3. The van der Waals surface area contributed by atoms with Gasteiger partial charge in [-0.05, 0) is 48.4 Å². The summed E-state index contributed by atoms with van der Waals surface area (Å²) in [7, 11) is 0. The molecule has 3 aromatic carbocycles. The molecule has 164 valence electrons. The fraction of sp³-hybridized carbons (Fsp3) is 0.160. The van der Waals surface area contributed by atoms with Gasteiger partial charge in [-0.25, -0.2) is 0 Å². The predicted molar refractivity (Wildman–Crippen MR) is 129 cm³/mol. The zero-order valence-corrected chi connectivity index (χ0v) is 18.7. The third kappa shape index (κ3) is 4.22. The molecule has 0 aliphatic carbocycles. The van der Waals surface area contributed by atoms with E-state index in [9.17, 15) is 14.7 Å². The molecule has 3 N–H and O–H groups in total. The van der Waals surface area contributed by atoms with Gasteiger partial charge >= 0.3 is 0 Å². The third-order valence-corrected chi connectivity index (χ3v) is 5.67. The number of hydrogen-bond donors (Lipinski definition) is 2. The smallest absolute Gasteiger partial charge is 0.253 e. The number of nitrogens with two attached hydrogens (primary N) is 1. The highest BCUT2D eigenvalue weighted by Crippen LogP contribution is 2.30. The molecule has 1 amide bonds. The molecule has 32 heavy (non-hydrogen) atoms. The van der Waals surface area contributed by atoms with Crippen molar-refractivity contribution in [2.45, 2.75) is 13.8 Å². The molecule has 0 atom stereocenters. The van der Waals surface area contributed by atoms with Crippen LogP contribution in [-0.4, -0.2) is 40.5 Å². The first-order valence-corrected chi connectivity index (χ1v) is 10.5. The Kier molecular flexibility index (Phi) is 6.95. The van der Waals surface area contributed by atoms with Gasteiger partial charge in [0.05, 0.1) is 5.02 Å². The van der Waals surface area contributed by atoms with Crippen LogP contribution >= 0.6 is 11.6 Å². The minimum absolute atomic E-state index is 0.0372. The highest BCUT2D eigenvalue weighted by atomic mass is 35.5. The fourth-order valence-electron chi connectivity index (χ4n) is 3.62. The van der Waals surface area contributed by atoms with Gasteiger partial charge in [-0.1, -0.05) is 54.6 Å². The van der Waals surface area contributed by atoms with Crippen molar-refractivity contribution in [2.24, 2.45) is 10.9 Å². The number of ketones is 1. The molecule has 0 radical (unpaired) electrons. The third-order valence-electron chi connectivity index (χ3n) is 5.37. The van der Waals surface area contributed by atoms with E-state index in [2.05, 4.69) is 11.7 Å². The van der Waals surface area contributed by atoms with Gasteiger partial charge < -0.3 is 15.8 Å². The number of phenols is 1. The van der Waals surface area contributed by atoms with Crippen molar-refractivity contribution in [3.8, 4) is 5.75 Å². The van der Waals surface area contributed by atoms with E-state index in [4.69, 9.17) is 17.4 Å². The monoisotopic (exact) mass is 449 g/mol. The molecule has 3 rings (SSSR count). The Hall–Kier alpha value is -3.64. The Labute approximate surface area is 191 Å². The summed E-state index contributed by atoms with van der Waals surface area (Å²) in [6, 6.07) is 15.0. The van der Waals surface area contributed by atoms with E-state index in [0.717, 1.165) is 5.39 Å². The minimum Gasteiger partial charge on any atom is -0.506 e. The highest BCUT2D eigenvalue weighted by molar-refractivity contribution is 6.53. The summed E-state index contributed by atoms with van der Waals surface area (Å²) < 4.78 is 0. The largest absolute Gasteiger partial charge is 0.506 e. The van der Waals surface area contributed by atoms with Crippen LogP contribution in [0.15, 0.2) is 66.3 Å². The maximum Gasteiger partial charge on any atom is 0.253 e. The minimum atomic E-state index is -0.439. The number of halogens is 1. The normalized spacial score (nSPS) is 11.4. The van der Waals surface area contributed by atoms with Crippen LogP contribution in [0.5, 0.6) is 5.75 Å². The lowest BCUT2D eigenvalue weighted by Gasteiger charge is -2.21. The summed E-state index contributed by atoms with van der Waals surface area (Å²) in [6.07, 6.45) is 0. The Morgan fingerprint density at radius 1 is 1.03 bits per heavy atom. The van der Waals surface area contributed by atoms with Crippen molar-refractivity contribution >= 4 is 45.3 Å². The Balaban J connectivity index is 2.11. The van der Waals surface area contributed by atoms with Crippen molar-refractivity contribution in [1.29, 1.82) is 0 Å². The van der Waals surface area contributed by atoms with Crippen molar-refractivity contribution in [3.63, 3.8) is 0 Å². The van der Waals surface area contributed by atoms with Gasteiger partial charge in [0.1, 0.15) is 11.5 Å². The Morgan fingerprint density at radius 2 is 1.62 bits per heavy atom. The van der Waals surface area contributed by atoms with Gasteiger partial charge in [0.2, 0.25) is 5.78 Å². The van der Waals surface area contributed by atoms with Crippen LogP contribution in [-0.2, 0) is 4.79 Å². The molecule has 0 fully saturated rings. The summed E-state index contributed by atoms with van der Waals surface area (Å²) in [5.74, 6) is 4.92. The zero-order chi connectivity index (χ0) is 23.4. The van der Waals surface area contributed by atoms with E-state index in [1.54, 1.807) is 17.0 Å². The molecule has 6 nitrogen and oxygen atoms in total. The number of hydrazone groups is 1. The first-order valence-electron chi connectivity index (χ1n) is 10.2. The van der Waals surface area contributed by atoms with Crippen LogP contribution in [0.25, 0.3) is 16.3 Å². The van der Waals surface area contributed by atoms with Crippen LogP contribution < -0.4 is 5.84 Å². The van der Waals surface area contributed by atoms with Crippen LogP contribution in [0.4, 0.5) is 0 Å². The van der Waals surface area contributed by atoms with E-state index in [-0.39, 0.29) is 28.0 Å². The number of nitrogens with zero attached hydrogens (tertiary/aromatic N) is 2. The molecule has 0 aromatic heterocycles. The van der Waals surface area contributed by atoms with Crippen LogP contribution in [0.3, 0.4) is 0 Å². The van der Waals surface area contributed by atoms with Crippen molar-refractivity contribution in [1.82, 2.24) is 4.90 Å². The number of phenolic OH excluding ortho intramolecular Hbond substituents is 1. The fourth-order valence-corrected chi connectivity index (χ4v) is 3.80. The Bertz CT molecular complexity index is 1250. The number of carbonyl (C=O) groups is 2. The van der Waals surface area contributed by atoms with E-state index in [1.807, 2.05) is 38.1 Å². The van der Waals surface area contributed by atoms with Gasteiger partial charge in [0.25, 0.3) is 5.91 Å². The van der Waals surface area contributed by atoms with Gasteiger partial charge in [-0.3, -0.25) is 9.59 Å². The van der Waals surface area contributed by atoms with Gasteiger partial charge in [-0.2, -0.15) is 5.10 Å². The molecule has 0 saturated heterocycles. The molecule has 0 unspecified atom stereocenters. The summed E-state index contributed by atoms with van der Waals surface area (Å²) >= 11 is 5.96. The average molecular weight is 450 g/mol. The number of Topliss-reactive ketones (excluding diaryl/α,β-unsaturated/α-hetero) is 1. The average Bonchev–Trinajstić information content (AvgIpc) is 2.81. The van der Waals surface area contributed by atoms with Gasteiger partial charge in [-0.15, -0.1) is 0 Å². The van der Waals surface area contributed by atoms with E-state index in [0.29, 0.717) is 35.2 Å². The number of hydrogen-bond acceptors (Lipinski definition) is 5. The zero-order valence-electron chi connectivity index (χ0n) is 17.9. The number of amides is 1. The number of fused-ring (bicyclic) bond motifs is 1. The first kappa shape index (κ1) is 23.0. The molecule has 0 aliphatic heterocycles.